The topological polar surface area (TPSA) is 53.0 Å². The van der Waals surface area contributed by atoms with Crippen molar-refractivity contribution in [1.29, 1.82) is 0 Å². The van der Waals surface area contributed by atoms with Gasteiger partial charge in [0.15, 0.2) is 0 Å². The lowest BCUT2D eigenvalue weighted by molar-refractivity contribution is -0.138. The Bertz CT molecular complexity index is 1000. The predicted octanol–water partition coefficient (Wildman–Crippen LogP) is 4.61. The van der Waals surface area contributed by atoms with Crippen LogP contribution >= 0.6 is 0 Å². The van der Waals surface area contributed by atoms with Crippen LogP contribution in [0, 0.1) is 0 Å². The van der Waals surface area contributed by atoms with Crippen LogP contribution in [0.15, 0.2) is 78.9 Å². The van der Waals surface area contributed by atoms with Crippen LogP contribution in [-0.4, -0.2) is 42.2 Å². The second-order valence-corrected chi connectivity index (χ2v) is 8.24. The summed E-state index contributed by atoms with van der Waals surface area (Å²) in [5, 5.41) is 9.28. The van der Waals surface area contributed by atoms with E-state index in [4.69, 9.17) is 4.74 Å². The second-order valence-electron chi connectivity index (χ2n) is 8.24. The molecule has 0 bridgehead atoms. The van der Waals surface area contributed by atoms with Crippen LogP contribution in [-0.2, 0) is 24.3 Å². The Hall–Kier alpha value is -3.31. The van der Waals surface area contributed by atoms with Crippen molar-refractivity contribution in [2.75, 3.05) is 31.1 Å². The summed E-state index contributed by atoms with van der Waals surface area (Å²) in [5.74, 6) is 0.0204. The first-order valence-corrected chi connectivity index (χ1v) is 11.2. The fourth-order valence-electron chi connectivity index (χ4n) is 4.27. The molecule has 0 atom stereocenters. The molecule has 0 radical (unpaired) electrons. The van der Waals surface area contributed by atoms with E-state index < -0.39 is 5.97 Å². The van der Waals surface area contributed by atoms with Crippen LogP contribution < -0.4 is 9.64 Å². The van der Waals surface area contributed by atoms with Crippen molar-refractivity contribution >= 4 is 11.7 Å². The number of anilines is 1. The Morgan fingerprint density at radius 3 is 2.34 bits per heavy atom. The smallest absolute Gasteiger partial charge is 0.317 e. The molecule has 0 saturated heterocycles. The monoisotopic (exact) mass is 430 g/mol. The van der Waals surface area contributed by atoms with Crippen LogP contribution in [0.2, 0.25) is 0 Å². The first kappa shape index (κ1) is 21.9. The van der Waals surface area contributed by atoms with E-state index in [1.165, 1.54) is 17.7 Å². The SMILES string of the molecule is O=C(O)CN(Cc1ccccc1)Cc1ccc(OCCN2CCCc3ccccc32)cc1. The molecule has 1 heterocycles. The molecule has 3 aromatic rings. The predicted molar refractivity (Wildman–Crippen MR) is 127 cm³/mol. The van der Waals surface area contributed by atoms with Gasteiger partial charge in [-0.3, -0.25) is 9.69 Å². The fraction of sp³-hybridized carbons (Fsp3) is 0.296. The van der Waals surface area contributed by atoms with Crippen LogP contribution in [0.3, 0.4) is 0 Å². The Morgan fingerprint density at radius 1 is 0.906 bits per heavy atom. The Labute approximate surface area is 189 Å². The lowest BCUT2D eigenvalue weighted by Crippen LogP contribution is -2.33. The highest BCUT2D eigenvalue weighted by Gasteiger charge is 2.16. The molecule has 32 heavy (non-hydrogen) atoms. The number of aliphatic carboxylic acids is 1. The molecule has 0 spiro atoms. The Balaban J connectivity index is 1.30. The van der Waals surface area contributed by atoms with Gasteiger partial charge >= 0.3 is 5.97 Å². The zero-order chi connectivity index (χ0) is 22.2. The molecular weight excluding hydrogens is 400 g/mol. The lowest BCUT2D eigenvalue weighted by atomic mass is 10.0. The molecule has 3 aromatic carbocycles. The van der Waals surface area contributed by atoms with Gasteiger partial charge in [0.1, 0.15) is 12.4 Å². The summed E-state index contributed by atoms with van der Waals surface area (Å²) in [4.78, 5) is 15.6. The van der Waals surface area contributed by atoms with Crippen LogP contribution in [0.1, 0.15) is 23.1 Å². The summed E-state index contributed by atoms with van der Waals surface area (Å²) >= 11 is 0. The first-order valence-electron chi connectivity index (χ1n) is 11.2. The Morgan fingerprint density at radius 2 is 1.59 bits per heavy atom. The first-order chi connectivity index (χ1) is 15.7. The molecule has 5 heteroatoms. The number of hydrogen-bond donors (Lipinski definition) is 1. The zero-order valence-corrected chi connectivity index (χ0v) is 18.3. The quantitative estimate of drug-likeness (QED) is 0.509. The van der Waals surface area contributed by atoms with Crippen LogP contribution in [0.5, 0.6) is 5.75 Å². The molecule has 166 valence electrons. The van der Waals surface area contributed by atoms with Crippen LogP contribution in [0.25, 0.3) is 0 Å². The lowest BCUT2D eigenvalue weighted by Gasteiger charge is -2.31. The molecule has 0 saturated carbocycles. The number of benzene rings is 3. The van der Waals surface area contributed by atoms with E-state index in [9.17, 15) is 9.90 Å². The fourth-order valence-corrected chi connectivity index (χ4v) is 4.27. The van der Waals surface area contributed by atoms with Crippen molar-refractivity contribution < 1.29 is 14.6 Å². The maximum atomic E-state index is 11.3. The molecule has 1 N–H and O–H groups in total. The van der Waals surface area contributed by atoms with Crippen molar-refractivity contribution in [3.8, 4) is 5.75 Å². The summed E-state index contributed by atoms with van der Waals surface area (Å²) in [7, 11) is 0. The number of aryl methyl sites for hydroxylation is 1. The summed E-state index contributed by atoms with van der Waals surface area (Å²) < 4.78 is 5.99. The van der Waals surface area contributed by atoms with Gasteiger partial charge in [-0.05, 0) is 47.7 Å². The summed E-state index contributed by atoms with van der Waals surface area (Å²) in [5.41, 5.74) is 4.92. The molecule has 0 amide bonds. The van der Waals surface area contributed by atoms with Gasteiger partial charge in [0.2, 0.25) is 0 Å². The largest absolute Gasteiger partial charge is 0.492 e. The standard InChI is InChI=1S/C27H30N2O3/c30-27(31)21-28(19-22-7-2-1-3-8-22)20-23-12-14-25(15-13-23)32-18-17-29-16-6-10-24-9-4-5-11-26(24)29/h1-5,7-9,11-15H,6,10,16-21H2,(H,30,31). The molecule has 0 aromatic heterocycles. The van der Waals surface area contributed by atoms with Crippen molar-refractivity contribution in [3.63, 3.8) is 0 Å². The average Bonchev–Trinajstić information content (AvgIpc) is 2.81. The molecule has 0 unspecified atom stereocenters. The molecule has 1 aliphatic heterocycles. The van der Waals surface area contributed by atoms with Crippen molar-refractivity contribution in [1.82, 2.24) is 4.90 Å². The maximum absolute atomic E-state index is 11.3. The van der Waals surface area contributed by atoms with Gasteiger partial charge in [-0.25, -0.2) is 0 Å². The molecule has 0 aliphatic carbocycles. The van der Waals surface area contributed by atoms with E-state index in [-0.39, 0.29) is 6.54 Å². The number of hydrogen-bond acceptors (Lipinski definition) is 4. The van der Waals surface area contributed by atoms with Gasteiger partial charge in [0.05, 0.1) is 13.1 Å². The van der Waals surface area contributed by atoms with Gasteiger partial charge in [-0.1, -0.05) is 60.7 Å². The molecule has 1 aliphatic rings. The van der Waals surface area contributed by atoms with Gasteiger partial charge in [-0.15, -0.1) is 0 Å². The minimum absolute atomic E-state index is 0.00442. The summed E-state index contributed by atoms with van der Waals surface area (Å²) in [6.07, 6.45) is 2.33. The van der Waals surface area contributed by atoms with Gasteiger partial charge in [0.25, 0.3) is 0 Å². The van der Waals surface area contributed by atoms with E-state index in [0.29, 0.717) is 19.7 Å². The number of carbonyl (C=O) groups is 1. The number of fused-ring (bicyclic) bond motifs is 1. The highest BCUT2D eigenvalue weighted by Crippen LogP contribution is 2.26. The molecular formula is C27H30N2O3. The maximum Gasteiger partial charge on any atom is 0.317 e. The summed E-state index contributed by atoms with van der Waals surface area (Å²) in [6, 6.07) is 26.6. The van der Waals surface area contributed by atoms with Crippen molar-refractivity contribution in [3.05, 3.63) is 95.6 Å². The van der Waals surface area contributed by atoms with Gasteiger partial charge in [-0.2, -0.15) is 0 Å². The second kappa shape index (κ2) is 10.8. The number of carboxylic acids is 1. The van der Waals surface area contributed by atoms with E-state index in [1.807, 2.05) is 59.5 Å². The minimum atomic E-state index is -0.819. The van der Waals surface area contributed by atoms with E-state index >= 15 is 0 Å². The third-order valence-corrected chi connectivity index (χ3v) is 5.77. The summed E-state index contributed by atoms with van der Waals surface area (Å²) in [6.45, 7) is 3.74. The van der Waals surface area contributed by atoms with Crippen LogP contribution in [0.4, 0.5) is 5.69 Å². The van der Waals surface area contributed by atoms with E-state index in [1.54, 1.807) is 0 Å². The third-order valence-electron chi connectivity index (χ3n) is 5.77. The highest BCUT2D eigenvalue weighted by atomic mass is 16.5. The number of carboxylic acid groups (broad SMARTS) is 1. The minimum Gasteiger partial charge on any atom is -0.492 e. The van der Waals surface area contributed by atoms with Gasteiger partial charge < -0.3 is 14.7 Å². The molecule has 5 nitrogen and oxygen atoms in total. The zero-order valence-electron chi connectivity index (χ0n) is 18.3. The van der Waals surface area contributed by atoms with Crippen molar-refractivity contribution in [2.45, 2.75) is 25.9 Å². The highest BCUT2D eigenvalue weighted by molar-refractivity contribution is 5.69. The van der Waals surface area contributed by atoms with E-state index in [0.717, 1.165) is 36.4 Å². The average molecular weight is 431 g/mol. The third kappa shape index (κ3) is 6.11. The molecule has 4 rings (SSSR count). The van der Waals surface area contributed by atoms with Gasteiger partial charge in [0, 0.05) is 25.3 Å². The number of ether oxygens (including phenoxy) is 1. The number of para-hydroxylation sites is 1. The van der Waals surface area contributed by atoms with E-state index in [2.05, 4.69) is 29.2 Å². The Kier molecular flexibility index (Phi) is 7.41. The number of rotatable bonds is 10. The van der Waals surface area contributed by atoms with Crippen molar-refractivity contribution in [2.24, 2.45) is 0 Å². The molecule has 0 fully saturated rings. The normalized spacial score (nSPS) is 13.1. The number of nitrogens with zero attached hydrogens (tertiary/aromatic N) is 2.